The van der Waals surface area contributed by atoms with Crippen LogP contribution in [0.3, 0.4) is 0 Å². The number of rotatable bonds is 5. The summed E-state index contributed by atoms with van der Waals surface area (Å²) in [6.07, 6.45) is 6.70. The van der Waals surface area contributed by atoms with Crippen LogP contribution in [0, 0.1) is 11.3 Å². The zero-order chi connectivity index (χ0) is 16.8. The predicted octanol–water partition coefficient (Wildman–Crippen LogP) is 5.02. The second kappa shape index (κ2) is 7.52. The first-order chi connectivity index (χ1) is 11.8. The van der Waals surface area contributed by atoms with Crippen LogP contribution in [0.15, 0.2) is 60.9 Å². The molecule has 3 rings (SSSR count). The van der Waals surface area contributed by atoms with E-state index in [1.165, 1.54) is 29.5 Å². The summed E-state index contributed by atoms with van der Waals surface area (Å²) in [6.45, 7) is 2.22. The van der Waals surface area contributed by atoms with E-state index in [9.17, 15) is 0 Å². The maximum absolute atomic E-state index is 8.80. The highest BCUT2D eigenvalue weighted by Gasteiger charge is 2.03. The minimum atomic E-state index is 0.471. The Morgan fingerprint density at radius 3 is 1.92 bits per heavy atom. The van der Waals surface area contributed by atoms with Crippen LogP contribution in [-0.4, -0.2) is 9.97 Å². The lowest BCUT2D eigenvalue weighted by molar-refractivity contribution is 0.795. The van der Waals surface area contributed by atoms with Crippen molar-refractivity contribution in [2.75, 3.05) is 0 Å². The second-order valence-electron chi connectivity index (χ2n) is 5.78. The standard InChI is InChI=1S/C21H19N3/c1-2-3-4-16-5-7-18(8-6-16)19-9-11-20(12-10-19)21-23-14-17(13-22)15-24-21/h5-12,14-15H,2-4H2,1H3. The number of nitrogens with zero attached hydrogens (tertiary/aromatic N) is 3. The van der Waals surface area contributed by atoms with Crippen molar-refractivity contribution >= 4 is 0 Å². The van der Waals surface area contributed by atoms with Gasteiger partial charge < -0.3 is 0 Å². The van der Waals surface area contributed by atoms with Crippen LogP contribution in [0.5, 0.6) is 0 Å². The molecule has 3 nitrogen and oxygen atoms in total. The number of aryl methyl sites for hydroxylation is 1. The van der Waals surface area contributed by atoms with E-state index in [1.54, 1.807) is 12.4 Å². The lowest BCUT2D eigenvalue weighted by Crippen LogP contribution is -1.90. The third kappa shape index (κ3) is 3.67. The fraction of sp³-hybridized carbons (Fsp3) is 0.190. The minimum Gasteiger partial charge on any atom is -0.235 e. The molecular weight excluding hydrogens is 294 g/mol. The Morgan fingerprint density at radius 1 is 0.833 bits per heavy atom. The third-order valence-electron chi connectivity index (χ3n) is 4.03. The molecule has 0 atom stereocenters. The van der Waals surface area contributed by atoms with Crippen LogP contribution in [0.1, 0.15) is 30.9 Å². The number of aromatic nitrogens is 2. The Hall–Kier alpha value is -2.99. The molecule has 0 aliphatic heterocycles. The van der Waals surface area contributed by atoms with Gasteiger partial charge >= 0.3 is 0 Å². The summed E-state index contributed by atoms with van der Waals surface area (Å²) in [5, 5.41) is 8.80. The van der Waals surface area contributed by atoms with Crippen LogP contribution in [0.4, 0.5) is 0 Å². The van der Waals surface area contributed by atoms with E-state index in [0.717, 1.165) is 12.0 Å². The monoisotopic (exact) mass is 313 g/mol. The van der Waals surface area contributed by atoms with E-state index >= 15 is 0 Å². The summed E-state index contributed by atoms with van der Waals surface area (Å²) in [5.41, 5.74) is 5.20. The van der Waals surface area contributed by atoms with Crippen LogP contribution < -0.4 is 0 Å². The van der Waals surface area contributed by atoms with Gasteiger partial charge in [-0.2, -0.15) is 5.26 Å². The van der Waals surface area contributed by atoms with Gasteiger partial charge in [0.25, 0.3) is 0 Å². The van der Waals surface area contributed by atoms with Gasteiger partial charge in [-0.05, 0) is 29.5 Å². The van der Waals surface area contributed by atoms with Gasteiger partial charge in [0.2, 0.25) is 0 Å². The highest BCUT2D eigenvalue weighted by atomic mass is 14.9. The lowest BCUT2D eigenvalue weighted by atomic mass is 10.0. The Morgan fingerprint density at radius 2 is 1.38 bits per heavy atom. The molecular formula is C21H19N3. The molecule has 118 valence electrons. The minimum absolute atomic E-state index is 0.471. The zero-order valence-electron chi connectivity index (χ0n) is 13.7. The Labute approximate surface area is 142 Å². The molecule has 0 aliphatic rings. The summed E-state index contributed by atoms with van der Waals surface area (Å²) in [5.74, 6) is 0.635. The molecule has 3 heteroatoms. The van der Waals surface area contributed by atoms with Gasteiger partial charge in [0.05, 0.1) is 5.56 Å². The summed E-state index contributed by atoms with van der Waals surface area (Å²) in [7, 11) is 0. The van der Waals surface area contributed by atoms with Gasteiger partial charge in [-0.3, -0.25) is 0 Å². The van der Waals surface area contributed by atoms with Crippen molar-refractivity contribution in [1.82, 2.24) is 9.97 Å². The van der Waals surface area contributed by atoms with Gasteiger partial charge in [-0.15, -0.1) is 0 Å². The van der Waals surface area contributed by atoms with Gasteiger partial charge in [0.1, 0.15) is 6.07 Å². The molecule has 24 heavy (non-hydrogen) atoms. The molecule has 0 amide bonds. The SMILES string of the molecule is CCCCc1ccc(-c2ccc(-c3ncc(C#N)cn3)cc2)cc1. The van der Waals surface area contributed by atoms with E-state index in [-0.39, 0.29) is 0 Å². The highest BCUT2D eigenvalue weighted by Crippen LogP contribution is 2.23. The number of unbranched alkanes of at least 4 members (excludes halogenated alkanes) is 1. The Kier molecular flexibility index (Phi) is 4.98. The molecule has 1 heterocycles. The normalized spacial score (nSPS) is 10.3. The van der Waals surface area contributed by atoms with Crippen LogP contribution in [0.25, 0.3) is 22.5 Å². The predicted molar refractivity (Wildman–Crippen MR) is 96.2 cm³/mol. The lowest BCUT2D eigenvalue weighted by Gasteiger charge is -2.06. The van der Waals surface area contributed by atoms with Crippen LogP contribution >= 0.6 is 0 Å². The average Bonchev–Trinajstić information content (AvgIpc) is 2.67. The molecule has 0 aliphatic carbocycles. The smallest absolute Gasteiger partial charge is 0.159 e. The van der Waals surface area contributed by atoms with E-state index in [0.29, 0.717) is 11.4 Å². The quantitative estimate of drug-likeness (QED) is 0.664. The molecule has 0 spiro atoms. The number of hydrogen-bond donors (Lipinski definition) is 0. The molecule has 0 bridgehead atoms. The van der Waals surface area contributed by atoms with E-state index in [1.807, 2.05) is 18.2 Å². The Balaban J connectivity index is 1.77. The van der Waals surface area contributed by atoms with Gasteiger partial charge in [-0.1, -0.05) is 61.9 Å². The van der Waals surface area contributed by atoms with Crippen molar-refractivity contribution in [3.63, 3.8) is 0 Å². The first-order valence-electron chi connectivity index (χ1n) is 8.22. The summed E-state index contributed by atoms with van der Waals surface area (Å²) in [6, 6.07) is 19.0. The van der Waals surface area contributed by atoms with Crippen molar-refractivity contribution in [1.29, 1.82) is 5.26 Å². The fourth-order valence-corrected chi connectivity index (χ4v) is 2.59. The molecule has 0 saturated heterocycles. The number of benzene rings is 2. The average molecular weight is 313 g/mol. The molecule has 2 aromatic carbocycles. The van der Waals surface area contributed by atoms with Crippen LogP contribution in [-0.2, 0) is 6.42 Å². The second-order valence-corrected chi connectivity index (χ2v) is 5.78. The van der Waals surface area contributed by atoms with E-state index < -0.39 is 0 Å². The molecule has 0 unspecified atom stereocenters. The van der Waals surface area contributed by atoms with E-state index in [4.69, 9.17) is 5.26 Å². The van der Waals surface area contributed by atoms with Crippen LogP contribution in [0.2, 0.25) is 0 Å². The number of nitriles is 1. The fourth-order valence-electron chi connectivity index (χ4n) is 2.59. The molecule has 3 aromatic rings. The van der Waals surface area contributed by atoms with E-state index in [2.05, 4.69) is 53.3 Å². The van der Waals surface area contributed by atoms with Crippen molar-refractivity contribution in [3.05, 3.63) is 72.1 Å². The highest BCUT2D eigenvalue weighted by molar-refractivity contribution is 5.67. The maximum Gasteiger partial charge on any atom is 0.159 e. The largest absolute Gasteiger partial charge is 0.235 e. The zero-order valence-corrected chi connectivity index (χ0v) is 13.7. The summed E-state index contributed by atoms with van der Waals surface area (Å²) in [4.78, 5) is 8.46. The maximum atomic E-state index is 8.80. The van der Waals surface area contributed by atoms with Crippen molar-refractivity contribution in [2.45, 2.75) is 26.2 Å². The summed E-state index contributed by atoms with van der Waals surface area (Å²) >= 11 is 0. The van der Waals surface area contributed by atoms with Crippen molar-refractivity contribution < 1.29 is 0 Å². The first kappa shape index (κ1) is 15.9. The van der Waals surface area contributed by atoms with Gasteiger partial charge in [0, 0.05) is 18.0 Å². The Bertz CT molecular complexity index is 826. The topological polar surface area (TPSA) is 49.6 Å². The number of hydrogen-bond acceptors (Lipinski definition) is 3. The molecule has 1 aromatic heterocycles. The molecule has 0 saturated carbocycles. The first-order valence-corrected chi connectivity index (χ1v) is 8.22. The van der Waals surface area contributed by atoms with Crippen molar-refractivity contribution in [3.8, 4) is 28.6 Å². The molecule has 0 fully saturated rings. The van der Waals surface area contributed by atoms with Crippen molar-refractivity contribution in [2.24, 2.45) is 0 Å². The molecule has 0 N–H and O–H groups in total. The summed E-state index contributed by atoms with van der Waals surface area (Å²) < 4.78 is 0. The third-order valence-corrected chi connectivity index (χ3v) is 4.03. The van der Waals surface area contributed by atoms with Gasteiger partial charge in [-0.25, -0.2) is 9.97 Å². The van der Waals surface area contributed by atoms with Gasteiger partial charge in [0.15, 0.2) is 5.82 Å². The molecule has 0 radical (unpaired) electrons.